The minimum atomic E-state index is -0.491. The van der Waals surface area contributed by atoms with Crippen LogP contribution < -0.4 is 11.1 Å². The maximum atomic E-state index is 12.3. The highest BCUT2D eigenvalue weighted by Gasteiger charge is 2.20. The zero-order valence-corrected chi connectivity index (χ0v) is 17.9. The summed E-state index contributed by atoms with van der Waals surface area (Å²) in [6.45, 7) is 6.26. The van der Waals surface area contributed by atoms with Crippen molar-refractivity contribution in [2.45, 2.75) is 39.3 Å². The number of nitrogens with two attached hydrogens (primary N) is 1. The molecular formula is C21H24N4OS2. The molecule has 3 N–H and O–H groups in total. The molecule has 0 fully saturated rings. The van der Waals surface area contributed by atoms with Gasteiger partial charge in [0.25, 0.3) is 0 Å². The molecule has 4 rings (SSSR count). The number of amides is 1. The van der Waals surface area contributed by atoms with Gasteiger partial charge in [-0.1, -0.05) is 26.0 Å². The fourth-order valence-electron chi connectivity index (χ4n) is 3.32. The molecule has 2 heterocycles. The van der Waals surface area contributed by atoms with Crippen molar-refractivity contribution >= 4 is 60.7 Å². The molecule has 0 bridgehead atoms. The van der Waals surface area contributed by atoms with Crippen molar-refractivity contribution < 1.29 is 4.79 Å². The number of nitrogens with zero attached hydrogens (tertiary/aromatic N) is 2. The van der Waals surface area contributed by atoms with E-state index in [4.69, 9.17) is 10.7 Å². The summed E-state index contributed by atoms with van der Waals surface area (Å²) in [6.07, 6.45) is 0.671. The zero-order valence-electron chi connectivity index (χ0n) is 16.2. The number of aromatic nitrogens is 1. The van der Waals surface area contributed by atoms with Crippen LogP contribution in [0.1, 0.15) is 32.2 Å². The number of carbonyl (C=O) groups excluding carboxylic acids is 1. The SMILES string of the molecule is CC(C)CC(N)C(=O)Nc1ccc2c(ccc3nc(C4=NC(C)CS4)sc32)c1. The van der Waals surface area contributed by atoms with Crippen LogP contribution in [-0.2, 0) is 4.79 Å². The summed E-state index contributed by atoms with van der Waals surface area (Å²) in [7, 11) is 0. The number of rotatable bonds is 5. The Labute approximate surface area is 172 Å². The van der Waals surface area contributed by atoms with Gasteiger partial charge >= 0.3 is 0 Å². The molecule has 0 radical (unpaired) electrons. The molecule has 2 unspecified atom stereocenters. The van der Waals surface area contributed by atoms with Crippen LogP contribution in [0.5, 0.6) is 0 Å². The zero-order chi connectivity index (χ0) is 19.8. The van der Waals surface area contributed by atoms with Crippen molar-refractivity contribution in [3.8, 4) is 0 Å². The van der Waals surface area contributed by atoms with Gasteiger partial charge in [0, 0.05) is 16.8 Å². The predicted molar refractivity (Wildman–Crippen MR) is 122 cm³/mol. The molecule has 3 aromatic rings. The van der Waals surface area contributed by atoms with E-state index in [-0.39, 0.29) is 5.91 Å². The molecule has 1 aliphatic heterocycles. The number of nitrogens with one attached hydrogen (secondary N) is 1. The van der Waals surface area contributed by atoms with E-state index >= 15 is 0 Å². The summed E-state index contributed by atoms with van der Waals surface area (Å²) >= 11 is 3.47. The van der Waals surface area contributed by atoms with E-state index in [0.717, 1.165) is 42.5 Å². The fourth-order valence-corrected chi connectivity index (χ4v) is 5.51. The van der Waals surface area contributed by atoms with Crippen molar-refractivity contribution in [3.63, 3.8) is 0 Å². The molecule has 0 spiro atoms. The fraction of sp³-hybridized carbons (Fsp3) is 0.381. The van der Waals surface area contributed by atoms with Crippen molar-refractivity contribution in [3.05, 3.63) is 35.3 Å². The minimum Gasteiger partial charge on any atom is -0.325 e. The Bertz CT molecular complexity index is 1070. The van der Waals surface area contributed by atoms with E-state index in [0.29, 0.717) is 18.4 Å². The number of benzene rings is 2. The number of anilines is 1. The number of thioether (sulfide) groups is 1. The van der Waals surface area contributed by atoms with E-state index in [1.165, 1.54) is 0 Å². The van der Waals surface area contributed by atoms with Crippen molar-refractivity contribution in [1.82, 2.24) is 4.98 Å². The van der Waals surface area contributed by atoms with Crippen molar-refractivity contribution in [2.75, 3.05) is 11.1 Å². The Balaban J connectivity index is 1.63. The van der Waals surface area contributed by atoms with Gasteiger partial charge in [-0.3, -0.25) is 9.79 Å². The van der Waals surface area contributed by atoms with Crippen molar-refractivity contribution in [1.29, 1.82) is 0 Å². The van der Waals surface area contributed by atoms with Gasteiger partial charge < -0.3 is 11.1 Å². The lowest BCUT2D eigenvalue weighted by atomic mass is 10.0. The van der Waals surface area contributed by atoms with Gasteiger partial charge in [-0.15, -0.1) is 23.1 Å². The molecule has 2 aromatic carbocycles. The smallest absolute Gasteiger partial charge is 0.241 e. The normalized spacial score (nSPS) is 18.0. The molecule has 0 aliphatic carbocycles. The summed E-state index contributed by atoms with van der Waals surface area (Å²) < 4.78 is 1.16. The molecule has 0 saturated heterocycles. The summed E-state index contributed by atoms with van der Waals surface area (Å²) in [5, 5.41) is 7.20. The van der Waals surface area contributed by atoms with Crippen LogP contribution in [0.2, 0.25) is 0 Å². The van der Waals surface area contributed by atoms with Gasteiger partial charge in [-0.2, -0.15) is 0 Å². The number of hydrogen-bond donors (Lipinski definition) is 2. The first-order chi connectivity index (χ1) is 13.4. The molecular weight excluding hydrogens is 388 g/mol. The van der Waals surface area contributed by atoms with Gasteiger partial charge in [0.1, 0.15) is 10.1 Å². The number of fused-ring (bicyclic) bond motifs is 3. The molecule has 0 saturated carbocycles. The first-order valence-corrected chi connectivity index (χ1v) is 11.3. The second kappa shape index (κ2) is 7.81. The average molecular weight is 413 g/mol. The van der Waals surface area contributed by atoms with Crippen molar-refractivity contribution in [2.24, 2.45) is 16.6 Å². The molecule has 7 heteroatoms. The van der Waals surface area contributed by atoms with Gasteiger partial charge in [0.05, 0.1) is 22.3 Å². The highest BCUT2D eigenvalue weighted by molar-refractivity contribution is 8.15. The van der Waals surface area contributed by atoms with Crippen LogP contribution in [0.3, 0.4) is 0 Å². The molecule has 5 nitrogen and oxygen atoms in total. The van der Waals surface area contributed by atoms with Crippen LogP contribution in [-0.4, -0.2) is 33.8 Å². The monoisotopic (exact) mass is 412 g/mol. The van der Waals surface area contributed by atoms with E-state index in [9.17, 15) is 4.79 Å². The van der Waals surface area contributed by atoms with Gasteiger partial charge in [-0.05, 0) is 42.8 Å². The number of hydrogen-bond acceptors (Lipinski definition) is 6. The summed E-state index contributed by atoms with van der Waals surface area (Å²) in [6, 6.07) is 9.94. The lowest BCUT2D eigenvalue weighted by molar-refractivity contribution is -0.117. The number of carbonyl (C=O) groups is 1. The van der Waals surface area contributed by atoms with Gasteiger partial charge in [-0.25, -0.2) is 4.98 Å². The molecule has 2 atom stereocenters. The molecule has 1 amide bonds. The van der Waals surface area contributed by atoms with E-state index < -0.39 is 6.04 Å². The Kier molecular flexibility index (Phi) is 5.40. The second-order valence-electron chi connectivity index (χ2n) is 7.69. The third-order valence-electron chi connectivity index (χ3n) is 4.68. The third-order valence-corrected chi connectivity index (χ3v) is 7.14. The Morgan fingerprint density at radius 2 is 2.14 bits per heavy atom. The molecule has 1 aromatic heterocycles. The lowest BCUT2D eigenvalue weighted by Crippen LogP contribution is -2.36. The Hall–Kier alpha value is -1.96. The topological polar surface area (TPSA) is 80.4 Å². The Morgan fingerprint density at radius 3 is 2.86 bits per heavy atom. The quantitative estimate of drug-likeness (QED) is 0.639. The lowest BCUT2D eigenvalue weighted by Gasteiger charge is -2.14. The van der Waals surface area contributed by atoms with E-state index in [1.54, 1.807) is 23.1 Å². The summed E-state index contributed by atoms with van der Waals surface area (Å²) in [5.41, 5.74) is 7.75. The predicted octanol–water partition coefficient (Wildman–Crippen LogP) is 4.64. The largest absolute Gasteiger partial charge is 0.325 e. The molecule has 1 aliphatic rings. The second-order valence-corrected chi connectivity index (χ2v) is 9.70. The summed E-state index contributed by atoms with van der Waals surface area (Å²) in [4.78, 5) is 21.8. The molecule has 28 heavy (non-hydrogen) atoms. The summed E-state index contributed by atoms with van der Waals surface area (Å²) in [5.74, 6) is 1.27. The number of thiazole rings is 1. The Morgan fingerprint density at radius 1 is 1.32 bits per heavy atom. The van der Waals surface area contributed by atoms with Gasteiger partial charge in [0.2, 0.25) is 5.91 Å². The van der Waals surface area contributed by atoms with E-state index in [1.807, 2.05) is 18.2 Å². The number of aliphatic imine (C=N–C) groups is 1. The van der Waals surface area contributed by atoms with Crippen LogP contribution in [0.4, 0.5) is 5.69 Å². The third kappa shape index (κ3) is 3.92. The molecule has 146 valence electrons. The van der Waals surface area contributed by atoms with Crippen LogP contribution >= 0.6 is 23.1 Å². The van der Waals surface area contributed by atoms with Crippen LogP contribution in [0, 0.1) is 5.92 Å². The van der Waals surface area contributed by atoms with Crippen LogP contribution in [0.25, 0.3) is 21.0 Å². The first kappa shape index (κ1) is 19.4. The van der Waals surface area contributed by atoms with Crippen LogP contribution in [0.15, 0.2) is 35.3 Å². The maximum Gasteiger partial charge on any atom is 0.241 e. The highest BCUT2D eigenvalue weighted by atomic mass is 32.2. The van der Waals surface area contributed by atoms with E-state index in [2.05, 4.69) is 43.2 Å². The average Bonchev–Trinajstić information content (AvgIpc) is 3.26. The highest BCUT2D eigenvalue weighted by Crippen LogP contribution is 2.34. The maximum absolute atomic E-state index is 12.3. The minimum absolute atomic E-state index is 0.139. The first-order valence-electron chi connectivity index (χ1n) is 9.51. The van der Waals surface area contributed by atoms with Gasteiger partial charge in [0.15, 0.2) is 0 Å². The standard InChI is InChI=1S/C21H24N4OS2/c1-11(2)8-16(22)19(26)24-14-5-6-15-13(9-14)4-7-17-18(15)28-21(25-17)20-23-12(3)10-27-20/h4-7,9,11-12,16H,8,10,22H2,1-3H3,(H,24,26).